The fourth-order valence-corrected chi connectivity index (χ4v) is 6.08. The third-order valence-corrected chi connectivity index (χ3v) is 8.32. The summed E-state index contributed by atoms with van der Waals surface area (Å²) in [6, 6.07) is 5.33. The van der Waals surface area contributed by atoms with Gasteiger partial charge in [0.15, 0.2) is 0 Å². The molecule has 1 aliphatic heterocycles. The summed E-state index contributed by atoms with van der Waals surface area (Å²) in [5.41, 5.74) is 0.346. The molecule has 0 unspecified atom stereocenters. The van der Waals surface area contributed by atoms with Crippen LogP contribution in [0.3, 0.4) is 0 Å². The molecular weight excluding hydrogens is 471 g/mol. The molecule has 0 spiro atoms. The molecule has 3 aromatic rings. The molecule has 4 rings (SSSR count). The Bertz CT molecular complexity index is 1170. The molecule has 0 aliphatic carbocycles. The Morgan fingerprint density at radius 3 is 2.26 bits per heavy atom. The topological polar surface area (TPSA) is 70.6 Å². The average molecular weight is 488 g/mol. The lowest BCUT2D eigenvalue weighted by atomic mass is 10.2. The molecule has 164 valence electrons. The molecule has 6 nitrogen and oxygen atoms in total. The number of sulfonamides is 1. The van der Waals surface area contributed by atoms with Crippen LogP contribution >= 0.6 is 22.7 Å². The Morgan fingerprint density at radius 1 is 1.00 bits per heavy atom. The highest BCUT2D eigenvalue weighted by Gasteiger charge is 2.33. The van der Waals surface area contributed by atoms with Crippen LogP contribution < -0.4 is 0 Å². The number of benzene rings is 1. The van der Waals surface area contributed by atoms with Gasteiger partial charge in [0.05, 0.1) is 10.5 Å². The highest BCUT2D eigenvalue weighted by atomic mass is 32.2. The van der Waals surface area contributed by atoms with Gasteiger partial charge in [0, 0.05) is 42.5 Å². The lowest BCUT2D eigenvalue weighted by molar-refractivity contribution is -0.137. The molecule has 1 fully saturated rings. The number of rotatable bonds is 4. The van der Waals surface area contributed by atoms with E-state index in [2.05, 4.69) is 4.98 Å². The summed E-state index contributed by atoms with van der Waals surface area (Å²) in [5, 5.41) is 6.29. The molecule has 0 atom stereocenters. The number of alkyl halides is 3. The van der Waals surface area contributed by atoms with E-state index in [9.17, 15) is 26.4 Å². The molecule has 0 radical (unpaired) electrons. The van der Waals surface area contributed by atoms with E-state index in [1.807, 2.05) is 16.8 Å². The average Bonchev–Trinajstić information content (AvgIpc) is 3.45. The van der Waals surface area contributed by atoms with Crippen LogP contribution in [0.1, 0.15) is 16.1 Å². The number of hydrogen-bond acceptors (Lipinski definition) is 6. The van der Waals surface area contributed by atoms with Gasteiger partial charge in [-0.05, 0) is 35.7 Å². The van der Waals surface area contributed by atoms with Gasteiger partial charge < -0.3 is 4.90 Å². The summed E-state index contributed by atoms with van der Waals surface area (Å²) in [6.07, 6.45) is -4.53. The molecule has 3 heterocycles. The van der Waals surface area contributed by atoms with Crippen LogP contribution in [0.5, 0.6) is 0 Å². The summed E-state index contributed by atoms with van der Waals surface area (Å²) in [7, 11) is -3.95. The monoisotopic (exact) mass is 487 g/mol. The Labute approximate surface area is 184 Å². The molecule has 0 saturated carbocycles. The third kappa shape index (κ3) is 4.52. The van der Waals surface area contributed by atoms with Gasteiger partial charge in [-0.15, -0.1) is 11.3 Å². The maximum atomic E-state index is 12.8. The molecule has 1 saturated heterocycles. The van der Waals surface area contributed by atoms with Crippen LogP contribution in [0.25, 0.3) is 10.6 Å². The summed E-state index contributed by atoms with van der Waals surface area (Å²) < 4.78 is 64.8. The minimum Gasteiger partial charge on any atom is -0.335 e. The lowest BCUT2D eigenvalue weighted by Gasteiger charge is -2.33. The Kier molecular flexibility index (Phi) is 5.90. The summed E-state index contributed by atoms with van der Waals surface area (Å²) >= 11 is 2.90. The van der Waals surface area contributed by atoms with Gasteiger partial charge in [0.2, 0.25) is 10.0 Å². The number of amides is 1. The number of thiazole rings is 1. The van der Waals surface area contributed by atoms with Crippen LogP contribution in [0.2, 0.25) is 0 Å². The van der Waals surface area contributed by atoms with Crippen LogP contribution in [0, 0.1) is 0 Å². The minimum absolute atomic E-state index is 0.0522. The van der Waals surface area contributed by atoms with Gasteiger partial charge in [-0.25, -0.2) is 13.4 Å². The molecule has 31 heavy (non-hydrogen) atoms. The molecule has 12 heteroatoms. The Balaban J connectivity index is 1.41. The second kappa shape index (κ2) is 8.34. The van der Waals surface area contributed by atoms with E-state index in [0.29, 0.717) is 5.69 Å². The number of carbonyl (C=O) groups is 1. The third-order valence-electron chi connectivity index (χ3n) is 4.84. The SMILES string of the molecule is O=C(c1csc(-c2ccsc2)n1)N1CCN(S(=O)(=O)c2ccc(C(F)(F)F)cc2)CC1. The Morgan fingerprint density at radius 2 is 1.68 bits per heavy atom. The van der Waals surface area contributed by atoms with Crippen molar-refractivity contribution in [1.82, 2.24) is 14.2 Å². The number of aromatic nitrogens is 1. The van der Waals surface area contributed by atoms with Gasteiger partial charge in [-0.1, -0.05) is 0 Å². The molecule has 0 N–H and O–H groups in total. The first kappa shape index (κ1) is 21.9. The molecular formula is C19H16F3N3O3S3. The van der Waals surface area contributed by atoms with E-state index < -0.39 is 21.8 Å². The van der Waals surface area contributed by atoms with Crippen molar-refractivity contribution < 1.29 is 26.4 Å². The van der Waals surface area contributed by atoms with E-state index in [1.165, 1.54) is 31.9 Å². The Hall–Kier alpha value is -2.28. The van der Waals surface area contributed by atoms with E-state index >= 15 is 0 Å². The van der Waals surface area contributed by atoms with Gasteiger partial charge >= 0.3 is 6.18 Å². The molecule has 2 aromatic heterocycles. The van der Waals surface area contributed by atoms with Crippen molar-refractivity contribution in [2.45, 2.75) is 11.1 Å². The first-order valence-electron chi connectivity index (χ1n) is 9.11. The normalized spacial score (nSPS) is 15.9. The molecule has 1 aliphatic rings. The first-order valence-corrected chi connectivity index (χ1v) is 12.4. The van der Waals surface area contributed by atoms with Crippen LogP contribution in [-0.4, -0.2) is 54.7 Å². The zero-order chi connectivity index (χ0) is 22.2. The quantitative estimate of drug-likeness (QED) is 0.557. The lowest BCUT2D eigenvalue weighted by Crippen LogP contribution is -2.50. The van der Waals surface area contributed by atoms with E-state index in [4.69, 9.17) is 0 Å². The van der Waals surface area contributed by atoms with Gasteiger partial charge in [0.25, 0.3) is 5.91 Å². The number of piperazine rings is 1. The van der Waals surface area contributed by atoms with E-state index in [1.54, 1.807) is 5.38 Å². The van der Waals surface area contributed by atoms with Crippen molar-refractivity contribution in [3.8, 4) is 10.6 Å². The minimum atomic E-state index is -4.53. The van der Waals surface area contributed by atoms with Crippen LogP contribution in [-0.2, 0) is 16.2 Å². The zero-order valence-electron chi connectivity index (χ0n) is 15.9. The highest BCUT2D eigenvalue weighted by Crippen LogP contribution is 2.30. The summed E-state index contributed by atoms with van der Waals surface area (Å²) in [4.78, 5) is 18.4. The fourth-order valence-electron chi connectivity index (χ4n) is 3.15. The summed E-state index contributed by atoms with van der Waals surface area (Å²) in [5.74, 6) is -0.274. The van der Waals surface area contributed by atoms with Crippen molar-refractivity contribution >= 4 is 38.6 Å². The number of thiophene rings is 1. The van der Waals surface area contributed by atoms with Gasteiger partial charge in [-0.2, -0.15) is 28.8 Å². The fraction of sp³-hybridized carbons (Fsp3) is 0.263. The van der Waals surface area contributed by atoms with Crippen LogP contribution in [0.4, 0.5) is 13.2 Å². The number of halogens is 3. The molecule has 1 amide bonds. The molecule has 1 aromatic carbocycles. The maximum absolute atomic E-state index is 12.8. The predicted molar refractivity (Wildman–Crippen MR) is 112 cm³/mol. The number of hydrogen-bond donors (Lipinski definition) is 0. The first-order chi connectivity index (χ1) is 14.7. The molecule has 0 bridgehead atoms. The second-order valence-corrected chi connectivity index (χ2v) is 10.3. The highest BCUT2D eigenvalue weighted by molar-refractivity contribution is 7.89. The van der Waals surface area contributed by atoms with Crippen molar-refractivity contribution in [3.05, 3.63) is 57.7 Å². The van der Waals surface area contributed by atoms with Crippen molar-refractivity contribution in [2.75, 3.05) is 26.2 Å². The van der Waals surface area contributed by atoms with Gasteiger partial charge in [0.1, 0.15) is 10.7 Å². The zero-order valence-corrected chi connectivity index (χ0v) is 18.3. The predicted octanol–water partition coefficient (Wildman–Crippen LogP) is 4.04. The van der Waals surface area contributed by atoms with Crippen molar-refractivity contribution in [3.63, 3.8) is 0 Å². The number of nitrogens with zero attached hydrogens (tertiary/aromatic N) is 3. The summed E-state index contributed by atoms with van der Waals surface area (Å²) in [6.45, 7) is 0.446. The smallest absolute Gasteiger partial charge is 0.335 e. The largest absolute Gasteiger partial charge is 0.416 e. The standard InChI is InChI=1S/C19H16F3N3O3S3/c20-19(21,22)14-1-3-15(4-2-14)31(27,28)25-8-6-24(7-9-25)18(26)16-12-30-17(23-16)13-5-10-29-11-13/h1-5,10-12H,6-9H2. The van der Waals surface area contributed by atoms with Crippen LogP contribution in [0.15, 0.2) is 51.4 Å². The van der Waals surface area contributed by atoms with Crippen molar-refractivity contribution in [2.24, 2.45) is 0 Å². The maximum Gasteiger partial charge on any atom is 0.416 e. The van der Waals surface area contributed by atoms with Crippen molar-refractivity contribution in [1.29, 1.82) is 0 Å². The van der Waals surface area contributed by atoms with E-state index in [0.717, 1.165) is 34.8 Å². The second-order valence-electron chi connectivity index (χ2n) is 6.77. The van der Waals surface area contributed by atoms with Gasteiger partial charge in [-0.3, -0.25) is 4.79 Å². The van der Waals surface area contributed by atoms with E-state index in [-0.39, 0.29) is 37.0 Å². The number of carbonyl (C=O) groups excluding carboxylic acids is 1.